The number of hydrogen-bond acceptors (Lipinski definition) is 4. The summed E-state index contributed by atoms with van der Waals surface area (Å²) in [6.45, 7) is 2.77. The summed E-state index contributed by atoms with van der Waals surface area (Å²) in [5.74, 6) is 2.58. The number of guanidine groups is 1. The summed E-state index contributed by atoms with van der Waals surface area (Å²) < 4.78 is 0. The molecule has 26 heavy (non-hydrogen) atoms. The first kappa shape index (κ1) is 21.5. The van der Waals surface area contributed by atoms with E-state index in [0.717, 1.165) is 43.8 Å². The maximum Gasteiger partial charge on any atom is 0.191 e. The number of rotatable bonds is 6. The largest absolute Gasteiger partial charge is 0.355 e. The molecule has 2 fully saturated rings. The molecule has 0 radical (unpaired) electrons. The number of nitrogens with one attached hydrogen (secondary N) is 2. The molecule has 146 valence electrons. The fraction of sp³-hybridized carbons (Fsp3) is 0.667. The van der Waals surface area contributed by atoms with E-state index in [4.69, 9.17) is 11.6 Å². The third-order valence-electron chi connectivity index (χ3n) is 5.10. The number of halogens is 2. The van der Waals surface area contributed by atoms with Crippen LogP contribution in [0.2, 0.25) is 5.02 Å². The Hall–Kier alpha value is -0.800. The molecular weight excluding hydrogens is 463 g/mol. The number of aromatic nitrogens is 1. The zero-order valence-electron chi connectivity index (χ0n) is 15.8. The van der Waals surface area contributed by atoms with Gasteiger partial charge in [0.05, 0.1) is 5.02 Å². The Kier molecular flexibility index (Phi) is 8.22. The molecule has 1 aliphatic heterocycles. The minimum absolute atomic E-state index is 0. The van der Waals surface area contributed by atoms with E-state index in [1.165, 1.54) is 12.8 Å². The summed E-state index contributed by atoms with van der Waals surface area (Å²) >= 11 is 6.27. The molecule has 2 heterocycles. The van der Waals surface area contributed by atoms with Crippen molar-refractivity contribution in [3.05, 3.63) is 23.4 Å². The minimum Gasteiger partial charge on any atom is -0.355 e. The van der Waals surface area contributed by atoms with E-state index in [1.807, 2.05) is 19.2 Å². The van der Waals surface area contributed by atoms with Crippen LogP contribution in [0.5, 0.6) is 0 Å². The second-order valence-corrected chi connectivity index (χ2v) is 7.61. The molecule has 1 saturated heterocycles. The fourth-order valence-corrected chi connectivity index (χ4v) is 3.76. The SMILES string of the molecule is CN=C(NCC(C1CC1)N(C)C)NC1CCN(c2ncccc2Cl)C1.I. The molecule has 1 aromatic rings. The molecule has 1 aliphatic carbocycles. The van der Waals surface area contributed by atoms with Crippen molar-refractivity contribution in [2.24, 2.45) is 10.9 Å². The predicted octanol–water partition coefficient (Wildman–Crippen LogP) is 2.44. The average Bonchev–Trinajstić information content (AvgIpc) is 3.32. The predicted molar refractivity (Wildman–Crippen MR) is 120 cm³/mol. The Bertz CT molecular complexity index is 605. The van der Waals surface area contributed by atoms with Gasteiger partial charge in [0.15, 0.2) is 5.96 Å². The van der Waals surface area contributed by atoms with Gasteiger partial charge in [-0.2, -0.15) is 0 Å². The zero-order chi connectivity index (χ0) is 17.8. The zero-order valence-corrected chi connectivity index (χ0v) is 18.9. The number of aliphatic imine (C=N–C) groups is 1. The normalized spacial score (nSPS) is 21.5. The third-order valence-corrected chi connectivity index (χ3v) is 5.39. The van der Waals surface area contributed by atoms with Crippen molar-refractivity contribution < 1.29 is 0 Å². The standard InChI is InChI=1S/C18H29ClN6.HI/c1-20-18(22-11-16(24(2)3)13-6-7-13)23-14-8-10-25(12-14)17-15(19)5-4-9-21-17;/h4-5,9,13-14,16H,6-8,10-12H2,1-3H3,(H2,20,22,23);1H. The van der Waals surface area contributed by atoms with Crippen LogP contribution >= 0.6 is 35.6 Å². The van der Waals surface area contributed by atoms with Crippen molar-refractivity contribution in [1.82, 2.24) is 20.5 Å². The summed E-state index contributed by atoms with van der Waals surface area (Å²) in [6, 6.07) is 4.68. The Morgan fingerprint density at radius 2 is 2.19 bits per heavy atom. The van der Waals surface area contributed by atoms with Gasteiger partial charge >= 0.3 is 0 Å². The Labute approximate surface area is 178 Å². The van der Waals surface area contributed by atoms with E-state index in [0.29, 0.717) is 17.1 Å². The van der Waals surface area contributed by atoms with Crippen molar-refractivity contribution in [3.8, 4) is 0 Å². The Morgan fingerprint density at radius 1 is 1.42 bits per heavy atom. The van der Waals surface area contributed by atoms with Gasteiger partial charge in [0, 0.05) is 45.0 Å². The van der Waals surface area contributed by atoms with Crippen LogP contribution in [0.25, 0.3) is 0 Å². The van der Waals surface area contributed by atoms with Gasteiger partial charge < -0.3 is 20.4 Å². The molecular formula is C18H30ClIN6. The average molecular weight is 493 g/mol. The highest BCUT2D eigenvalue weighted by Gasteiger charge is 2.32. The smallest absolute Gasteiger partial charge is 0.191 e. The molecule has 0 amide bonds. The van der Waals surface area contributed by atoms with Crippen LogP contribution in [0.4, 0.5) is 5.82 Å². The molecule has 2 atom stereocenters. The summed E-state index contributed by atoms with van der Waals surface area (Å²) in [6.07, 6.45) is 5.53. The van der Waals surface area contributed by atoms with Crippen LogP contribution in [0.3, 0.4) is 0 Å². The molecule has 2 aliphatic rings. The maximum absolute atomic E-state index is 6.27. The van der Waals surface area contributed by atoms with Crippen LogP contribution < -0.4 is 15.5 Å². The first-order valence-corrected chi connectivity index (χ1v) is 9.45. The highest BCUT2D eigenvalue weighted by atomic mass is 127. The van der Waals surface area contributed by atoms with E-state index >= 15 is 0 Å². The topological polar surface area (TPSA) is 55.8 Å². The van der Waals surface area contributed by atoms with Crippen LogP contribution in [0.1, 0.15) is 19.3 Å². The molecule has 1 saturated carbocycles. The van der Waals surface area contributed by atoms with Gasteiger partial charge in [-0.3, -0.25) is 4.99 Å². The summed E-state index contributed by atoms with van der Waals surface area (Å²) in [7, 11) is 6.15. The highest BCUT2D eigenvalue weighted by molar-refractivity contribution is 14.0. The lowest BCUT2D eigenvalue weighted by Gasteiger charge is -2.26. The van der Waals surface area contributed by atoms with Gasteiger partial charge in [-0.1, -0.05) is 11.6 Å². The van der Waals surface area contributed by atoms with Crippen molar-refractivity contribution in [3.63, 3.8) is 0 Å². The molecule has 0 spiro atoms. The van der Waals surface area contributed by atoms with Gasteiger partial charge in [-0.05, 0) is 51.4 Å². The van der Waals surface area contributed by atoms with E-state index in [1.54, 1.807) is 6.20 Å². The third kappa shape index (κ3) is 5.60. The summed E-state index contributed by atoms with van der Waals surface area (Å²) in [5, 5.41) is 7.76. The van der Waals surface area contributed by atoms with Crippen LogP contribution in [0, 0.1) is 5.92 Å². The van der Waals surface area contributed by atoms with Gasteiger partial charge in [-0.25, -0.2) is 4.98 Å². The second kappa shape index (κ2) is 9.94. The minimum atomic E-state index is 0. The van der Waals surface area contributed by atoms with Gasteiger partial charge in [0.25, 0.3) is 0 Å². The lowest BCUT2D eigenvalue weighted by molar-refractivity contribution is 0.264. The molecule has 8 heteroatoms. The fourth-order valence-electron chi connectivity index (χ4n) is 3.52. The monoisotopic (exact) mass is 492 g/mol. The molecule has 3 rings (SSSR count). The number of nitrogens with zero attached hydrogens (tertiary/aromatic N) is 4. The lowest BCUT2D eigenvalue weighted by Crippen LogP contribution is -2.49. The first-order valence-electron chi connectivity index (χ1n) is 9.07. The van der Waals surface area contributed by atoms with E-state index in [-0.39, 0.29) is 24.0 Å². The Morgan fingerprint density at radius 3 is 2.81 bits per heavy atom. The number of likely N-dealkylation sites (N-methyl/N-ethyl adjacent to an activating group) is 1. The van der Waals surface area contributed by atoms with Crippen molar-refractivity contribution in [1.29, 1.82) is 0 Å². The van der Waals surface area contributed by atoms with Crippen molar-refractivity contribution in [2.45, 2.75) is 31.3 Å². The van der Waals surface area contributed by atoms with Gasteiger partial charge in [0.1, 0.15) is 5.82 Å². The highest BCUT2D eigenvalue weighted by Crippen LogP contribution is 2.34. The quantitative estimate of drug-likeness (QED) is 0.363. The molecule has 1 aromatic heterocycles. The van der Waals surface area contributed by atoms with Crippen LogP contribution in [0.15, 0.2) is 23.3 Å². The van der Waals surface area contributed by atoms with Crippen molar-refractivity contribution in [2.75, 3.05) is 45.7 Å². The van der Waals surface area contributed by atoms with E-state index in [2.05, 4.69) is 44.5 Å². The number of anilines is 1. The number of hydrogen-bond donors (Lipinski definition) is 2. The van der Waals surface area contributed by atoms with E-state index < -0.39 is 0 Å². The molecule has 0 bridgehead atoms. The maximum atomic E-state index is 6.27. The van der Waals surface area contributed by atoms with Crippen molar-refractivity contribution >= 4 is 47.4 Å². The van der Waals surface area contributed by atoms with Crippen LogP contribution in [-0.4, -0.2) is 68.7 Å². The van der Waals surface area contributed by atoms with Gasteiger partial charge in [0.2, 0.25) is 0 Å². The lowest BCUT2D eigenvalue weighted by atomic mass is 10.1. The molecule has 6 nitrogen and oxygen atoms in total. The van der Waals surface area contributed by atoms with Gasteiger partial charge in [-0.15, -0.1) is 24.0 Å². The van der Waals surface area contributed by atoms with E-state index in [9.17, 15) is 0 Å². The molecule has 0 aromatic carbocycles. The summed E-state index contributed by atoms with van der Waals surface area (Å²) in [4.78, 5) is 13.4. The first-order chi connectivity index (χ1) is 12.1. The molecule has 2 N–H and O–H groups in total. The Balaban J connectivity index is 0.00000243. The second-order valence-electron chi connectivity index (χ2n) is 7.21. The number of pyridine rings is 1. The molecule has 2 unspecified atom stereocenters. The summed E-state index contributed by atoms with van der Waals surface area (Å²) in [5.41, 5.74) is 0. The van der Waals surface area contributed by atoms with Crippen LogP contribution in [-0.2, 0) is 0 Å².